The highest BCUT2D eigenvalue weighted by Gasteiger charge is 2.21. The van der Waals surface area contributed by atoms with Crippen molar-refractivity contribution < 1.29 is 14.3 Å². The molecular formula is C17H24N2O3. The monoisotopic (exact) mass is 304 g/mol. The first-order chi connectivity index (χ1) is 10.3. The fourth-order valence-corrected chi connectivity index (χ4v) is 2.39. The average Bonchev–Trinajstić information content (AvgIpc) is 2.85. The molecule has 2 aromatic rings. The second-order valence-corrected chi connectivity index (χ2v) is 6.26. The van der Waals surface area contributed by atoms with E-state index >= 15 is 0 Å². The highest BCUT2D eigenvalue weighted by atomic mass is 16.6. The van der Waals surface area contributed by atoms with Crippen molar-refractivity contribution in [3.63, 3.8) is 0 Å². The molecule has 1 atom stereocenters. The number of benzene rings is 1. The minimum absolute atomic E-state index is 0.115. The number of amides is 1. The van der Waals surface area contributed by atoms with Gasteiger partial charge in [-0.15, -0.1) is 0 Å². The standard InChI is InChI=1S/C17H24N2O3/c1-6-14(19-16(20)22-17(2,3)4)13-10-18-15-8-7-11(21-5)9-12(13)15/h7-10,14,18H,6H2,1-5H3,(H,19,20)/t14-/m1/s1. The number of alkyl carbamates (subject to hydrolysis) is 1. The van der Waals surface area contributed by atoms with E-state index in [1.165, 1.54) is 0 Å². The van der Waals surface area contributed by atoms with E-state index in [4.69, 9.17) is 9.47 Å². The second kappa shape index (κ2) is 6.30. The van der Waals surface area contributed by atoms with Gasteiger partial charge in [-0.2, -0.15) is 0 Å². The number of rotatable bonds is 4. The van der Waals surface area contributed by atoms with Crippen LogP contribution < -0.4 is 10.1 Å². The summed E-state index contributed by atoms with van der Waals surface area (Å²) in [5, 5.41) is 3.98. The van der Waals surface area contributed by atoms with E-state index in [-0.39, 0.29) is 6.04 Å². The van der Waals surface area contributed by atoms with Crippen molar-refractivity contribution in [3.8, 4) is 5.75 Å². The van der Waals surface area contributed by atoms with Gasteiger partial charge in [-0.1, -0.05) is 6.92 Å². The Morgan fingerprint density at radius 1 is 1.36 bits per heavy atom. The van der Waals surface area contributed by atoms with Gasteiger partial charge in [-0.05, 0) is 51.0 Å². The summed E-state index contributed by atoms with van der Waals surface area (Å²) in [5.74, 6) is 0.792. The van der Waals surface area contributed by atoms with Gasteiger partial charge in [0, 0.05) is 17.1 Å². The zero-order valence-corrected chi connectivity index (χ0v) is 13.8. The molecule has 0 saturated carbocycles. The molecule has 0 aliphatic carbocycles. The highest BCUT2D eigenvalue weighted by Crippen LogP contribution is 2.29. The molecule has 0 aliphatic rings. The number of aromatic amines is 1. The molecule has 0 aliphatic heterocycles. The summed E-state index contributed by atoms with van der Waals surface area (Å²) in [5.41, 5.74) is 1.54. The molecule has 0 unspecified atom stereocenters. The molecule has 2 rings (SSSR count). The Balaban J connectivity index is 2.25. The Kier molecular flexibility index (Phi) is 4.64. The number of nitrogens with one attached hydrogen (secondary N) is 2. The molecule has 1 aromatic carbocycles. The minimum Gasteiger partial charge on any atom is -0.497 e. The van der Waals surface area contributed by atoms with E-state index in [2.05, 4.69) is 10.3 Å². The topological polar surface area (TPSA) is 63.3 Å². The van der Waals surface area contributed by atoms with Crippen LogP contribution in [-0.2, 0) is 4.74 Å². The van der Waals surface area contributed by atoms with Gasteiger partial charge in [0.1, 0.15) is 11.4 Å². The maximum atomic E-state index is 12.0. The van der Waals surface area contributed by atoms with Crippen LogP contribution >= 0.6 is 0 Å². The van der Waals surface area contributed by atoms with Gasteiger partial charge in [0.25, 0.3) is 0 Å². The van der Waals surface area contributed by atoms with Crippen LogP contribution in [0.25, 0.3) is 10.9 Å². The molecule has 5 heteroatoms. The van der Waals surface area contributed by atoms with Crippen LogP contribution in [0, 0.1) is 0 Å². The Bertz CT molecular complexity index is 655. The zero-order valence-electron chi connectivity index (χ0n) is 13.8. The summed E-state index contributed by atoms with van der Waals surface area (Å²) >= 11 is 0. The molecule has 2 N–H and O–H groups in total. The van der Waals surface area contributed by atoms with Gasteiger partial charge in [0.05, 0.1) is 13.2 Å². The van der Waals surface area contributed by atoms with Gasteiger partial charge in [-0.3, -0.25) is 0 Å². The lowest BCUT2D eigenvalue weighted by atomic mass is 10.0. The van der Waals surface area contributed by atoms with Crippen molar-refractivity contribution in [2.75, 3.05) is 7.11 Å². The van der Waals surface area contributed by atoms with Crippen LogP contribution in [0.1, 0.15) is 45.7 Å². The number of carbonyl (C=O) groups is 1. The fraction of sp³-hybridized carbons (Fsp3) is 0.471. The first kappa shape index (κ1) is 16.2. The normalized spacial score (nSPS) is 13.0. The number of hydrogen-bond donors (Lipinski definition) is 2. The SMILES string of the molecule is CC[C@@H](NC(=O)OC(C)(C)C)c1c[nH]c2ccc(OC)cc12. The number of ether oxygens (including phenoxy) is 2. The van der Waals surface area contributed by atoms with Crippen LogP contribution in [0.2, 0.25) is 0 Å². The first-order valence-electron chi connectivity index (χ1n) is 7.48. The molecule has 0 spiro atoms. The van der Waals surface area contributed by atoms with E-state index in [1.807, 2.05) is 52.1 Å². The maximum Gasteiger partial charge on any atom is 0.408 e. The van der Waals surface area contributed by atoms with Crippen LogP contribution in [-0.4, -0.2) is 23.8 Å². The Morgan fingerprint density at radius 3 is 2.68 bits per heavy atom. The van der Waals surface area contributed by atoms with E-state index in [0.717, 1.165) is 28.6 Å². The quantitative estimate of drug-likeness (QED) is 0.891. The molecular weight excluding hydrogens is 280 g/mol. The molecule has 120 valence electrons. The number of H-pyrrole nitrogens is 1. The molecule has 5 nitrogen and oxygen atoms in total. The molecule has 1 aromatic heterocycles. The lowest BCUT2D eigenvalue weighted by Crippen LogP contribution is -2.34. The van der Waals surface area contributed by atoms with Crippen LogP contribution in [0.5, 0.6) is 5.75 Å². The van der Waals surface area contributed by atoms with Crippen molar-refractivity contribution in [3.05, 3.63) is 30.0 Å². The maximum absolute atomic E-state index is 12.0. The van der Waals surface area contributed by atoms with E-state index in [9.17, 15) is 4.79 Å². The van der Waals surface area contributed by atoms with Gasteiger partial charge in [0.15, 0.2) is 0 Å². The summed E-state index contributed by atoms with van der Waals surface area (Å²) in [6.45, 7) is 7.58. The van der Waals surface area contributed by atoms with Gasteiger partial charge >= 0.3 is 6.09 Å². The molecule has 22 heavy (non-hydrogen) atoms. The number of hydrogen-bond acceptors (Lipinski definition) is 3. The number of carbonyl (C=O) groups excluding carboxylic acids is 1. The third-order valence-corrected chi connectivity index (χ3v) is 3.40. The van der Waals surface area contributed by atoms with Gasteiger partial charge < -0.3 is 19.8 Å². The Morgan fingerprint density at radius 2 is 2.09 bits per heavy atom. The van der Waals surface area contributed by atoms with Crippen molar-refractivity contribution in [1.82, 2.24) is 10.3 Å². The van der Waals surface area contributed by atoms with Gasteiger partial charge in [-0.25, -0.2) is 4.79 Å². The van der Waals surface area contributed by atoms with Crippen molar-refractivity contribution in [2.45, 2.75) is 45.8 Å². The van der Waals surface area contributed by atoms with Crippen LogP contribution in [0.4, 0.5) is 4.79 Å². The molecule has 0 bridgehead atoms. The van der Waals surface area contributed by atoms with Crippen LogP contribution in [0.3, 0.4) is 0 Å². The Labute approximate surface area is 131 Å². The van der Waals surface area contributed by atoms with Crippen molar-refractivity contribution in [1.29, 1.82) is 0 Å². The van der Waals surface area contributed by atoms with Crippen molar-refractivity contribution in [2.24, 2.45) is 0 Å². The second-order valence-electron chi connectivity index (χ2n) is 6.26. The van der Waals surface area contributed by atoms with E-state index in [1.54, 1.807) is 7.11 Å². The smallest absolute Gasteiger partial charge is 0.408 e. The number of fused-ring (bicyclic) bond motifs is 1. The number of methoxy groups -OCH3 is 1. The highest BCUT2D eigenvalue weighted by molar-refractivity contribution is 5.85. The van der Waals surface area contributed by atoms with Crippen LogP contribution in [0.15, 0.2) is 24.4 Å². The minimum atomic E-state index is -0.508. The lowest BCUT2D eigenvalue weighted by Gasteiger charge is -2.23. The summed E-state index contributed by atoms with van der Waals surface area (Å²) < 4.78 is 10.6. The predicted octanol–water partition coefficient (Wildman–Crippen LogP) is 4.15. The third-order valence-electron chi connectivity index (χ3n) is 3.40. The first-order valence-corrected chi connectivity index (χ1v) is 7.48. The summed E-state index contributed by atoms with van der Waals surface area (Å²) in [7, 11) is 1.64. The van der Waals surface area contributed by atoms with Crippen molar-refractivity contribution >= 4 is 17.0 Å². The molecule has 0 saturated heterocycles. The molecule has 0 radical (unpaired) electrons. The predicted molar refractivity (Wildman–Crippen MR) is 87.3 cm³/mol. The summed E-state index contributed by atoms with van der Waals surface area (Å²) in [4.78, 5) is 15.2. The third kappa shape index (κ3) is 3.72. The van der Waals surface area contributed by atoms with E-state index in [0.29, 0.717) is 0 Å². The molecule has 1 heterocycles. The largest absolute Gasteiger partial charge is 0.497 e. The zero-order chi connectivity index (χ0) is 16.3. The molecule has 1 amide bonds. The average molecular weight is 304 g/mol. The Hall–Kier alpha value is -2.17. The fourth-order valence-electron chi connectivity index (χ4n) is 2.39. The van der Waals surface area contributed by atoms with E-state index < -0.39 is 11.7 Å². The number of aromatic nitrogens is 1. The van der Waals surface area contributed by atoms with Gasteiger partial charge in [0.2, 0.25) is 0 Å². The lowest BCUT2D eigenvalue weighted by molar-refractivity contribution is 0.0502. The summed E-state index contributed by atoms with van der Waals surface area (Å²) in [6.07, 6.45) is 2.29. The molecule has 0 fully saturated rings. The summed E-state index contributed by atoms with van der Waals surface area (Å²) in [6, 6.07) is 5.74.